The van der Waals surface area contributed by atoms with Crippen molar-refractivity contribution in [3.8, 4) is 0 Å². The fraction of sp³-hybridized carbons (Fsp3) is 0.222. The van der Waals surface area contributed by atoms with Crippen LogP contribution in [0.4, 0.5) is 5.69 Å². The van der Waals surface area contributed by atoms with Gasteiger partial charge in [-0.3, -0.25) is 0 Å². The molecule has 0 radical (unpaired) electrons. The number of nitrogen functional groups attached to an aromatic ring is 1. The Morgan fingerprint density at radius 2 is 2.50 bits per heavy atom. The first-order valence-corrected chi connectivity index (χ1v) is 4.68. The Balaban J connectivity index is 2.75. The second-order valence-electron chi connectivity index (χ2n) is 2.48. The van der Waals surface area contributed by atoms with Crippen molar-refractivity contribution >= 4 is 17.4 Å². The van der Waals surface area contributed by atoms with Crippen molar-refractivity contribution in [3.63, 3.8) is 0 Å². The van der Waals surface area contributed by atoms with Crippen LogP contribution >= 0.6 is 11.8 Å². The molecule has 0 fully saturated rings. The summed E-state index contributed by atoms with van der Waals surface area (Å²) in [7, 11) is 0. The average molecular weight is 180 g/mol. The van der Waals surface area contributed by atoms with Crippen molar-refractivity contribution in [2.75, 3.05) is 11.5 Å². The van der Waals surface area contributed by atoms with Gasteiger partial charge in [0.05, 0.1) is 16.9 Å². The van der Waals surface area contributed by atoms with Crippen LogP contribution in [0.1, 0.15) is 5.56 Å². The second-order valence-corrected chi connectivity index (χ2v) is 3.52. The molecule has 3 heteroatoms. The van der Waals surface area contributed by atoms with Gasteiger partial charge in [-0.15, -0.1) is 18.3 Å². The molecule has 12 heavy (non-hydrogen) atoms. The van der Waals surface area contributed by atoms with E-state index >= 15 is 0 Å². The van der Waals surface area contributed by atoms with Gasteiger partial charge in [-0.2, -0.15) is 0 Å². The van der Waals surface area contributed by atoms with E-state index in [4.69, 9.17) is 5.73 Å². The number of aryl methyl sites for hydroxylation is 1. The molecule has 0 spiro atoms. The molecule has 0 saturated heterocycles. The van der Waals surface area contributed by atoms with Crippen molar-refractivity contribution in [3.05, 3.63) is 30.5 Å². The summed E-state index contributed by atoms with van der Waals surface area (Å²) in [6, 6.07) is 1.99. The maximum absolute atomic E-state index is 5.63. The van der Waals surface area contributed by atoms with Crippen LogP contribution in [0.2, 0.25) is 0 Å². The number of nitrogens with zero attached hydrogens (tertiary/aromatic N) is 1. The first-order chi connectivity index (χ1) is 5.74. The van der Waals surface area contributed by atoms with Gasteiger partial charge in [-0.25, -0.2) is 4.98 Å². The van der Waals surface area contributed by atoms with E-state index in [0.29, 0.717) is 0 Å². The summed E-state index contributed by atoms with van der Waals surface area (Å²) >= 11 is 1.66. The highest BCUT2D eigenvalue weighted by atomic mass is 32.2. The van der Waals surface area contributed by atoms with Crippen molar-refractivity contribution in [2.45, 2.75) is 11.9 Å². The molecule has 0 amide bonds. The molecule has 0 aliphatic carbocycles. The first kappa shape index (κ1) is 9.13. The van der Waals surface area contributed by atoms with Crippen LogP contribution in [0.15, 0.2) is 29.9 Å². The third kappa shape index (κ3) is 2.27. The third-order valence-corrected chi connectivity index (χ3v) is 2.40. The predicted octanol–water partition coefficient (Wildman–Crippen LogP) is 2.25. The van der Waals surface area contributed by atoms with E-state index in [1.807, 2.05) is 19.1 Å². The molecule has 1 heterocycles. The van der Waals surface area contributed by atoms with Gasteiger partial charge < -0.3 is 5.73 Å². The largest absolute Gasteiger partial charge is 0.397 e. The smallest absolute Gasteiger partial charge is 0.0967 e. The molecule has 0 atom stereocenters. The SMILES string of the molecule is C=CCSc1cc(C)c(N)cn1. The van der Waals surface area contributed by atoms with Gasteiger partial charge in [-0.05, 0) is 18.6 Å². The van der Waals surface area contributed by atoms with Gasteiger partial charge in [0.2, 0.25) is 0 Å². The van der Waals surface area contributed by atoms with Crippen LogP contribution in [-0.4, -0.2) is 10.7 Å². The summed E-state index contributed by atoms with van der Waals surface area (Å²) in [6.45, 7) is 5.62. The molecule has 1 aromatic rings. The lowest BCUT2D eigenvalue weighted by atomic mass is 10.3. The first-order valence-electron chi connectivity index (χ1n) is 3.70. The number of rotatable bonds is 3. The number of hydrogen-bond acceptors (Lipinski definition) is 3. The molecule has 0 aliphatic heterocycles. The van der Waals surface area contributed by atoms with Crippen LogP contribution in [0, 0.1) is 6.92 Å². The maximum atomic E-state index is 5.63. The normalized spacial score (nSPS) is 9.75. The summed E-state index contributed by atoms with van der Waals surface area (Å²) in [5, 5.41) is 1.00. The Morgan fingerprint density at radius 3 is 3.08 bits per heavy atom. The van der Waals surface area contributed by atoms with Gasteiger partial charge in [0, 0.05) is 5.75 Å². The van der Waals surface area contributed by atoms with E-state index < -0.39 is 0 Å². The fourth-order valence-corrected chi connectivity index (χ4v) is 1.44. The van der Waals surface area contributed by atoms with Gasteiger partial charge in [0.25, 0.3) is 0 Å². The molecule has 0 unspecified atom stereocenters. The highest BCUT2D eigenvalue weighted by Crippen LogP contribution is 2.18. The topological polar surface area (TPSA) is 38.9 Å². The van der Waals surface area contributed by atoms with Crippen molar-refractivity contribution in [2.24, 2.45) is 0 Å². The van der Waals surface area contributed by atoms with Crippen molar-refractivity contribution in [1.82, 2.24) is 4.98 Å². The van der Waals surface area contributed by atoms with Gasteiger partial charge in [0.15, 0.2) is 0 Å². The van der Waals surface area contributed by atoms with E-state index in [2.05, 4.69) is 11.6 Å². The van der Waals surface area contributed by atoms with Crippen molar-refractivity contribution in [1.29, 1.82) is 0 Å². The zero-order valence-corrected chi connectivity index (χ0v) is 7.90. The third-order valence-electron chi connectivity index (χ3n) is 1.48. The zero-order valence-electron chi connectivity index (χ0n) is 7.08. The van der Waals surface area contributed by atoms with Crippen LogP contribution in [-0.2, 0) is 0 Å². The highest BCUT2D eigenvalue weighted by molar-refractivity contribution is 7.99. The van der Waals surface area contributed by atoms with E-state index in [-0.39, 0.29) is 0 Å². The van der Waals surface area contributed by atoms with E-state index in [0.717, 1.165) is 22.0 Å². The molecular weight excluding hydrogens is 168 g/mol. The van der Waals surface area contributed by atoms with E-state index in [1.165, 1.54) is 0 Å². The molecule has 0 aromatic carbocycles. The van der Waals surface area contributed by atoms with E-state index in [9.17, 15) is 0 Å². The number of thioether (sulfide) groups is 1. The highest BCUT2D eigenvalue weighted by Gasteiger charge is 1.97. The fourth-order valence-electron chi connectivity index (χ4n) is 0.764. The molecule has 0 bridgehead atoms. The molecule has 0 saturated carbocycles. The lowest BCUT2D eigenvalue weighted by Crippen LogP contribution is -1.91. The molecule has 2 N–H and O–H groups in total. The minimum Gasteiger partial charge on any atom is -0.397 e. The lowest BCUT2D eigenvalue weighted by molar-refractivity contribution is 1.12. The number of aromatic nitrogens is 1. The van der Waals surface area contributed by atoms with Crippen LogP contribution in [0.25, 0.3) is 0 Å². The van der Waals surface area contributed by atoms with Crippen molar-refractivity contribution < 1.29 is 0 Å². The summed E-state index contributed by atoms with van der Waals surface area (Å²) in [4.78, 5) is 4.17. The Bertz CT molecular complexity index is 284. The minimum absolute atomic E-state index is 0.748. The minimum atomic E-state index is 0.748. The summed E-state index contributed by atoms with van der Waals surface area (Å²) < 4.78 is 0. The Kier molecular flexibility index (Phi) is 3.17. The molecule has 2 nitrogen and oxygen atoms in total. The maximum Gasteiger partial charge on any atom is 0.0967 e. The molecule has 0 aliphatic rings. The monoisotopic (exact) mass is 180 g/mol. The second kappa shape index (κ2) is 4.16. The molecule has 64 valence electrons. The number of pyridine rings is 1. The Labute approximate surface area is 76.9 Å². The zero-order chi connectivity index (χ0) is 8.97. The standard InChI is InChI=1S/C9H12N2S/c1-3-4-12-9-5-7(2)8(10)6-11-9/h3,5-6H,1,4,10H2,2H3. The van der Waals surface area contributed by atoms with Crippen LogP contribution in [0.5, 0.6) is 0 Å². The molecular formula is C9H12N2S. The van der Waals surface area contributed by atoms with Gasteiger partial charge in [-0.1, -0.05) is 6.08 Å². The van der Waals surface area contributed by atoms with Gasteiger partial charge >= 0.3 is 0 Å². The number of anilines is 1. The summed E-state index contributed by atoms with van der Waals surface area (Å²) in [5.74, 6) is 0.885. The summed E-state index contributed by atoms with van der Waals surface area (Å²) in [5.41, 5.74) is 7.45. The van der Waals surface area contributed by atoms with Crippen LogP contribution < -0.4 is 5.73 Å². The Morgan fingerprint density at radius 1 is 1.75 bits per heavy atom. The quantitative estimate of drug-likeness (QED) is 0.572. The number of nitrogens with two attached hydrogens (primary N) is 1. The molecule has 1 rings (SSSR count). The van der Waals surface area contributed by atoms with Crippen LogP contribution in [0.3, 0.4) is 0 Å². The molecule has 1 aromatic heterocycles. The summed E-state index contributed by atoms with van der Waals surface area (Å²) in [6.07, 6.45) is 3.55. The number of hydrogen-bond donors (Lipinski definition) is 1. The predicted molar refractivity (Wildman–Crippen MR) is 54.3 cm³/mol. The Hall–Kier alpha value is -0.960. The average Bonchev–Trinajstić information content (AvgIpc) is 2.07. The lowest BCUT2D eigenvalue weighted by Gasteiger charge is -2.01. The van der Waals surface area contributed by atoms with Gasteiger partial charge in [0.1, 0.15) is 0 Å². The van der Waals surface area contributed by atoms with E-state index in [1.54, 1.807) is 18.0 Å².